The molecule has 4 nitrogen and oxygen atoms in total. The van der Waals surface area contributed by atoms with Gasteiger partial charge in [0.05, 0.1) is 0 Å². The van der Waals surface area contributed by atoms with Gasteiger partial charge in [0.1, 0.15) is 0 Å². The van der Waals surface area contributed by atoms with Crippen LogP contribution in [0.5, 0.6) is 0 Å². The highest BCUT2D eigenvalue weighted by atomic mass is 35.5. The Morgan fingerprint density at radius 3 is 2.19 bits per heavy atom. The quantitative estimate of drug-likeness (QED) is 0.853. The first-order valence-corrected chi connectivity index (χ1v) is 7.92. The van der Waals surface area contributed by atoms with E-state index in [0.717, 1.165) is 32.1 Å². The van der Waals surface area contributed by atoms with Crippen LogP contribution in [0.15, 0.2) is 0 Å². The van der Waals surface area contributed by atoms with E-state index in [1.54, 1.807) is 0 Å². The Hall–Kier alpha value is -0.0300. The Bertz CT molecular complexity index is 291. The maximum absolute atomic E-state index is 12.1. The normalized spacial score (nSPS) is 22.1. The Morgan fingerprint density at radius 2 is 1.67 bits per heavy atom. The summed E-state index contributed by atoms with van der Waals surface area (Å²) in [5.74, 6) is 1.11. The maximum Gasteiger partial charge on any atom is 0.226 e. The third kappa shape index (κ3) is 6.31. The highest BCUT2D eigenvalue weighted by Gasteiger charge is 2.25. The van der Waals surface area contributed by atoms with Crippen molar-refractivity contribution in [3.05, 3.63) is 0 Å². The largest absolute Gasteiger partial charge is 0.340 e. The Morgan fingerprint density at radius 1 is 1.10 bits per heavy atom. The van der Waals surface area contributed by atoms with Gasteiger partial charge in [0, 0.05) is 45.2 Å². The van der Waals surface area contributed by atoms with Gasteiger partial charge in [0.15, 0.2) is 0 Å². The van der Waals surface area contributed by atoms with E-state index in [2.05, 4.69) is 4.90 Å². The van der Waals surface area contributed by atoms with Crippen LogP contribution in [0.1, 0.15) is 39.0 Å². The molecule has 126 valence electrons. The number of rotatable bonds is 4. The van der Waals surface area contributed by atoms with Crippen LogP contribution >= 0.6 is 24.8 Å². The summed E-state index contributed by atoms with van der Waals surface area (Å²) in [6.07, 6.45) is 7.07. The minimum atomic E-state index is -0.0232. The molecule has 2 aliphatic rings. The fourth-order valence-electron chi connectivity index (χ4n) is 3.30. The number of hydrogen-bond acceptors (Lipinski definition) is 3. The molecule has 21 heavy (non-hydrogen) atoms. The fourth-order valence-corrected chi connectivity index (χ4v) is 3.30. The second-order valence-electron chi connectivity index (χ2n) is 6.27. The maximum atomic E-state index is 12.1. The fraction of sp³-hybridized carbons (Fsp3) is 0.933. The second-order valence-corrected chi connectivity index (χ2v) is 6.27. The topological polar surface area (TPSA) is 49.6 Å². The summed E-state index contributed by atoms with van der Waals surface area (Å²) >= 11 is 0. The third-order valence-electron chi connectivity index (χ3n) is 4.70. The molecule has 2 rings (SSSR count). The van der Waals surface area contributed by atoms with E-state index in [4.69, 9.17) is 5.73 Å². The van der Waals surface area contributed by atoms with E-state index in [-0.39, 0.29) is 36.6 Å². The summed E-state index contributed by atoms with van der Waals surface area (Å²) in [6.45, 7) is 7.48. The molecule has 1 amide bonds. The number of nitrogens with zero attached hydrogens (tertiary/aromatic N) is 2. The predicted octanol–water partition coefficient (Wildman–Crippen LogP) is 2.15. The zero-order chi connectivity index (χ0) is 13.7. The zero-order valence-electron chi connectivity index (χ0n) is 13.1. The van der Waals surface area contributed by atoms with Crippen molar-refractivity contribution in [2.75, 3.05) is 39.3 Å². The summed E-state index contributed by atoms with van der Waals surface area (Å²) in [7, 11) is 0. The number of carbonyl (C=O) groups excluding carboxylic acids is 1. The van der Waals surface area contributed by atoms with Crippen LogP contribution in [0.2, 0.25) is 0 Å². The highest BCUT2D eigenvalue weighted by Crippen LogP contribution is 2.24. The lowest BCUT2D eigenvalue weighted by molar-refractivity contribution is -0.136. The standard InChI is InChI=1S/C15H29N3O.2ClH/c1-13(11-16)15(19)18-9-7-17(8-10-18)12-14-5-3-2-4-6-14;;/h13-14H,2-12,16H2,1H3;2*1H. The van der Waals surface area contributed by atoms with Crippen LogP contribution in [0, 0.1) is 11.8 Å². The van der Waals surface area contributed by atoms with Gasteiger partial charge in [-0.2, -0.15) is 0 Å². The van der Waals surface area contributed by atoms with E-state index in [0.29, 0.717) is 6.54 Å². The van der Waals surface area contributed by atoms with Gasteiger partial charge in [-0.3, -0.25) is 9.69 Å². The molecule has 1 atom stereocenters. The molecular weight excluding hydrogens is 309 g/mol. The van der Waals surface area contributed by atoms with E-state index in [1.807, 2.05) is 11.8 Å². The zero-order valence-corrected chi connectivity index (χ0v) is 14.8. The average Bonchev–Trinajstić information content (AvgIpc) is 2.47. The van der Waals surface area contributed by atoms with Crippen LogP contribution in [-0.4, -0.2) is 55.0 Å². The predicted molar refractivity (Wildman–Crippen MR) is 92.3 cm³/mol. The molecule has 0 bridgehead atoms. The third-order valence-corrected chi connectivity index (χ3v) is 4.70. The van der Waals surface area contributed by atoms with Gasteiger partial charge in [0.2, 0.25) is 5.91 Å². The Labute approximate surface area is 141 Å². The number of nitrogens with two attached hydrogens (primary N) is 1. The van der Waals surface area contributed by atoms with Crippen molar-refractivity contribution < 1.29 is 4.79 Å². The first-order chi connectivity index (χ1) is 9.20. The molecule has 0 aromatic heterocycles. The second kappa shape index (κ2) is 10.7. The summed E-state index contributed by atoms with van der Waals surface area (Å²) in [5.41, 5.74) is 5.57. The van der Waals surface area contributed by atoms with Crippen LogP contribution in [0.4, 0.5) is 0 Å². The van der Waals surface area contributed by atoms with Gasteiger partial charge in [-0.1, -0.05) is 26.2 Å². The lowest BCUT2D eigenvalue weighted by atomic mass is 9.89. The summed E-state index contributed by atoms with van der Waals surface area (Å²) in [6, 6.07) is 0. The average molecular weight is 340 g/mol. The summed E-state index contributed by atoms with van der Waals surface area (Å²) in [4.78, 5) is 16.6. The van der Waals surface area contributed by atoms with Crippen molar-refractivity contribution in [3.8, 4) is 0 Å². The van der Waals surface area contributed by atoms with Gasteiger partial charge in [-0.25, -0.2) is 0 Å². The first kappa shape index (κ1) is 21.0. The van der Waals surface area contributed by atoms with Crippen molar-refractivity contribution in [1.29, 1.82) is 0 Å². The van der Waals surface area contributed by atoms with Crippen molar-refractivity contribution >= 4 is 30.7 Å². The number of carbonyl (C=O) groups is 1. The molecular formula is C15H31Cl2N3O. The van der Waals surface area contributed by atoms with Gasteiger partial charge in [-0.15, -0.1) is 24.8 Å². The molecule has 1 aliphatic heterocycles. The number of piperazine rings is 1. The molecule has 2 N–H and O–H groups in total. The minimum Gasteiger partial charge on any atom is -0.340 e. The smallest absolute Gasteiger partial charge is 0.226 e. The molecule has 1 unspecified atom stereocenters. The van der Waals surface area contributed by atoms with Crippen LogP contribution in [0.25, 0.3) is 0 Å². The van der Waals surface area contributed by atoms with E-state index < -0.39 is 0 Å². The SMILES string of the molecule is CC(CN)C(=O)N1CCN(CC2CCCCC2)CC1.Cl.Cl. The molecule has 1 saturated carbocycles. The van der Waals surface area contributed by atoms with E-state index in [1.165, 1.54) is 38.6 Å². The van der Waals surface area contributed by atoms with Crippen LogP contribution in [0.3, 0.4) is 0 Å². The van der Waals surface area contributed by atoms with Gasteiger partial charge in [-0.05, 0) is 18.8 Å². The molecule has 0 spiro atoms. The minimum absolute atomic E-state index is 0. The number of amides is 1. The van der Waals surface area contributed by atoms with Crippen molar-refractivity contribution in [2.24, 2.45) is 17.6 Å². The molecule has 1 saturated heterocycles. The van der Waals surface area contributed by atoms with Gasteiger partial charge < -0.3 is 10.6 Å². The molecule has 0 aromatic carbocycles. The van der Waals surface area contributed by atoms with Gasteiger partial charge in [0.25, 0.3) is 0 Å². The van der Waals surface area contributed by atoms with Crippen molar-refractivity contribution in [2.45, 2.75) is 39.0 Å². The lowest BCUT2D eigenvalue weighted by Gasteiger charge is -2.38. The van der Waals surface area contributed by atoms with E-state index >= 15 is 0 Å². The highest BCUT2D eigenvalue weighted by molar-refractivity contribution is 5.85. The van der Waals surface area contributed by atoms with Gasteiger partial charge >= 0.3 is 0 Å². The van der Waals surface area contributed by atoms with Crippen molar-refractivity contribution in [3.63, 3.8) is 0 Å². The van der Waals surface area contributed by atoms with Crippen LogP contribution < -0.4 is 5.73 Å². The van der Waals surface area contributed by atoms with E-state index in [9.17, 15) is 4.79 Å². The molecule has 2 fully saturated rings. The van der Waals surface area contributed by atoms with Crippen molar-refractivity contribution in [1.82, 2.24) is 9.80 Å². The number of hydrogen-bond donors (Lipinski definition) is 1. The summed E-state index contributed by atoms with van der Waals surface area (Å²) < 4.78 is 0. The molecule has 6 heteroatoms. The monoisotopic (exact) mass is 339 g/mol. The number of halogens is 2. The summed E-state index contributed by atoms with van der Waals surface area (Å²) in [5, 5.41) is 0. The lowest BCUT2D eigenvalue weighted by Crippen LogP contribution is -2.51. The molecule has 0 radical (unpaired) electrons. The first-order valence-electron chi connectivity index (χ1n) is 7.92. The molecule has 1 aliphatic carbocycles. The molecule has 0 aromatic rings. The Kier molecular flexibility index (Phi) is 10.6. The Balaban J connectivity index is 0.00000200. The van der Waals surface area contributed by atoms with Crippen LogP contribution in [-0.2, 0) is 4.79 Å². The molecule has 1 heterocycles.